The van der Waals surface area contributed by atoms with Crippen molar-refractivity contribution >= 4 is 17.7 Å². The zero-order valence-corrected chi connectivity index (χ0v) is 13.9. The summed E-state index contributed by atoms with van der Waals surface area (Å²) in [6.07, 6.45) is 20.9. The van der Waals surface area contributed by atoms with E-state index < -0.39 is 11.3 Å². The Kier molecular flexibility index (Phi) is 14.7. The van der Waals surface area contributed by atoms with E-state index in [-0.39, 0.29) is 0 Å². The van der Waals surface area contributed by atoms with Crippen LogP contribution in [0.15, 0.2) is 36.5 Å². The highest BCUT2D eigenvalue weighted by Gasteiger charge is 2.09. The smallest absolute Gasteiger partial charge is 0.330 e. The van der Waals surface area contributed by atoms with Crippen LogP contribution < -0.4 is 5.73 Å². The van der Waals surface area contributed by atoms with Gasteiger partial charge in [0.15, 0.2) is 0 Å². The van der Waals surface area contributed by atoms with Gasteiger partial charge in [-0.05, 0) is 37.9 Å². The Bertz CT molecular complexity index is 338. The lowest BCUT2D eigenvalue weighted by Crippen LogP contribution is -2.26. The number of carbonyl (C=O) groups is 1. The van der Waals surface area contributed by atoms with Gasteiger partial charge in [-0.25, -0.2) is 4.79 Å². The molecule has 0 aliphatic rings. The molecule has 0 heterocycles. The first kappa shape index (κ1) is 20.0. The zero-order valence-electron chi connectivity index (χ0n) is 13.0. The molecule has 0 radical (unpaired) electrons. The van der Waals surface area contributed by atoms with Crippen LogP contribution in [-0.2, 0) is 4.79 Å². The van der Waals surface area contributed by atoms with Crippen molar-refractivity contribution in [2.24, 2.45) is 5.73 Å². The Hall–Kier alpha value is -1.00. The molecule has 0 aliphatic heterocycles. The lowest BCUT2D eigenvalue weighted by molar-refractivity contribution is -0.136. The number of aliphatic carboxylic acids is 1. The number of carboxylic acids is 1. The Morgan fingerprint density at radius 3 is 2.19 bits per heavy atom. The molecule has 0 spiro atoms. The summed E-state index contributed by atoms with van der Waals surface area (Å²) >= 11 is 1.27. The summed E-state index contributed by atoms with van der Waals surface area (Å²) in [6, 6.07) is 0. The number of unbranched alkanes of at least 4 members (excludes halogenated alkanes) is 3. The van der Waals surface area contributed by atoms with E-state index >= 15 is 0 Å². The van der Waals surface area contributed by atoms with Crippen molar-refractivity contribution in [3.8, 4) is 0 Å². The van der Waals surface area contributed by atoms with Crippen LogP contribution in [0.2, 0.25) is 0 Å². The fraction of sp³-hybridized carbons (Fsp3) is 0.588. The summed E-state index contributed by atoms with van der Waals surface area (Å²) in [5.74, 6) is -0.205. The third-order valence-corrected chi connectivity index (χ3v) is 3.88. The van der Waals surface area contributed by atoms with Gasteiger partial charge in [-0.15, -0.1) is 11.8 Å². The lowest BCUT2D eigenvalue weighted by Gasteiger charge is -2.03. The molecule has 0 amide bonds. The molecule has 0 aromatic rings. The van der Waals surface area contributed by atoms with Gasteiger partial charge in [-0.1, -0.05) is 56.2 Å². The standard InChI is InChI=1S/C17H29NO2S/c1-2-3-4-5-6-7-8-9-10-11-12-13-14-15-21-16(18)17(19)20/h6-7,9-10,12-13,16H,2-5,8,11,14-15,18H2,1H3,(H,19,20)/b7-6-,10-9-,13-12-. The van der Waals surface area contributed by atoms with Crippen molar-refractivity contribution in [2.45, 2.75) is 57.2 Å². The summed E-state index contributed by atoms with van der Waals surface area (Å²) in [7, 11) is 0. The Balaban J connectivity index is 3.42. The van der Waals surface area contributed by atoms with E-state index in [1.54, 1.807) is 0 Å². The van der Waals surface area contributed by atoms with Crippen molar-refractivity contribution in [3.63, 3.8) is 0 Å². The van der Waals surface area contributed by atoms with Crippen LogP contribution in [-0.4, -0.2) is 22.2 Å². The molecule has 3 nitrogen and oxygen atoms in total. The fourth-order valence-electron chi connectivity index (χ4n) is 1.62. The Morgan fingerprint density at radius 2 is 1.62 bits per heavy atom. The van der Waals surface area contributed by atoms with Gasteiger partial charge in [0.05, 0.1) is 0 Å². The summed E-state index contributed by atoms with van der Waals surface area (Å²) in [6.45, 7) is 2.22. The van der Waals surface area contributed by atoms with Gasteiger partial charge in [0.25, 0.3) is 0 Å². The topological polar surface area (TPSA) is 63.3 Å². The minimum Gasteiger partial charge on any atom is -0.479 e. The quantitative estimate of drug-likeness (QED) is 0.298. The predicted octanol–water partition coefficient (Wildman–Crippen LogP) is 4.51. The van der Waals surface area contributed by atoms with Crippen LogP contribution in [0.25, 0.3) is 0 Å². The van der Waals surface area contributed by atoms with Crippen LogP contribution in [0.1, 0.15) is 51.9 Å². The van der Waals surface area contributed by atoms with Gasteiger partial charge in [-0.3, -0.25) is 0 Å². The van der Waals surface area contributed by atoms with E-state index in [0.29, 0.717) is 0 Å². The highest BCUT2D eigenvalue weighted by molar-refractivity contribution is 8.00. The van der Waals surface area contributed by atoms with Gasteiger partial charge < -0.3 is 10.8 Å². The third kappa shape index (κ3) is 15.2. The second-order valence-electron chi connectivity index (χ2n) is 4.80. The minimum absolute atomic E-state index is 0.744. The summed E-state index contributed by atoms with van der Waals surface area (Å²) in [5.41, 5.74) is 5.39. The molecule has 120 valence electrons. The molecular formula is C17H29NO2S. The van der Waals surface area contributed by atoms with Gasteiger partial charge in [0, 0.05) is 0 Å². The molecule has 1 unspecified atom stereocenters. The normalized spacial score (nSPS) is 13.6. The maximum Gasteiger partial charge on any atom is 0.330 e. The molecule has 0 aromatic heterocycles. The first-order chi connectivity index (χ1) is 10.2. The minimum atomic E-state index is -0.949. The maximum atomic E-state index is 10.5. The SMILES string of the molecule is CCCCC/C=C\C/C=C\C/C=C\CCSC(N)C(=O)O. The molecule has 0 fully saturated rings. The molecule has 21 heavy (non-hydrogen) atoms. The molecule has 0 saturated heterocycles. The molecule has 0 aliphatic carbocycles. The Labute approximate surface area is 133 Å². The number of allylic oxidation sites excluding steroid dienone is 6. The highest BCUT2D eigenvalue weighted by atomic mass is 32.2. The molecule has 0 bridgehead atoms. The second-order valence-corrected chi connectivity index (χ2v) is 6.05. The molecule has 1 atom stereocenters. The van der Waals surface area contributed by atoms with Gasteiger partial charge in [0.1, 0.15) is 5.37 Å². The summed E-state index contributed by atoms with van der Waals surface area (Å²) < 4.78 is 0. The first-order valence-electron chi connectivity index (χ1n) is 7.73. The van der Waals surface area contributed by atoms with Gasteiger partial charge >= 0.3 is 5.97 Å². The van der Waals surface area contributed by atoms with Gasteiger partial charge in [-0.2, -0.15) is 0 Å². The molecule has 0 saturated carbocycles. The van der Waals surface area contributed by atoms with Crippen LogP contribution in [0.3, 0.4) is 0 Å². The van der Waals surface area contributed by atoms with E-state index in [0.717, 1.165) is 25.0 Å². The van der Waals surface area contributed by atoms with Crippen LogP contribution in [0, 0.1) is 0 Å². The van der Waals surface area contributed by atoms with Crippen molar-refractivity contribution in [1.29, 1.82) is 0 Å². The predicted molar refractivity (Wildman–Crippen MR) is 93.5 cm³/mol. The highest BCUT2D eigenvalue weighted by Crippen LogP contribution is 2.08. The molecule has 4 heteroatoms. The average molecular weight is 311 g/mol. The van der Waals surface area contributed by atoms with E-state index in [4.69, 9.17) is 10.8 Å². The van der Waals surface area contributed by atoms with Crippen molar-refractivity contribution in [1.82, 2.24) is 0 Å². The lowest BCUT2D eigenvalue weighted by atomic mass is 10.2. The second kappa shape index (κ2) is 15.4. The molecule has 0 aromatic carbocycles. The largest absolute Gasteiger partial charge is 0.479 e. The third-order valence-electron chi connectivity index (χ3n) is 2.84. The van der Waals surface area contributed by atoms with Crippen molar-refractivity contribution in [3.05, 3.63) is 36.5 Å². The van der Waals surface area contributed by atoms with Crippen molar-refractivity contribution < 1.29 is 9.90 Å². The van der Waals surface area contributed by atoms with E-state index in [1.165, 1.54) is 37.4 Å². The molecule has 0 rings (SSSR count). The van der Waals surface area contributed by atoms with E-state index in [1.807, 2.05) is 0 Å². The van der Waals surface area contributed by atoms with Gasteiger partial charge in [0.2, 0.25) is 0 Å². The fourth-order valence-corrected chi connectivity index (χ4v) is 2.29. The number of nitrogens with two attached hydrogens (primary N) is 1. The van der Waals surface area contributed by atoms with E-state index in [2.05, 4.69) is 43.4 Å². The van der Waals surface area contributed by atoms with E-state index in [9.17, 15) is 4.79 Å². The Morgan fingerprint density at radius 1 is 1.05 bits per heavy atom. The number of hydrogen-bond donors (Lipinski definition) is 2. The summed E-state index contributed by atoms with van der Waals surface area (Å²) in [4.78, 5) is 10.5. The number of rotatable bonds is 13. The number of carboxylic acid groups (broad SMARTS) is 1. The maximum absolute atomic E-state index is 10.5. The molecule has 3 N–H and O–H groups in total. The molecular weight excluding hydrogens is 282 g/mol. The number of thioether (sulfide) groups is 1. The zero-order chi connectivity index (χ0) is 15.8. The van der Waals surface area contributed by atoms with Crippen LogP contribution in [0.5, 0.6) is 0 Å². The van der Waals surface area contributed by atoms with Crippen LogP contribution >= 0.6 is 11.8 Å². The summed E-state index contributed by atoms with van der Waals surface area (Å²) in [5, 5.41) is 7.80. The van der Waals surface area contributed by atoms with Crippen molar-refractivity contribution in [2.75, 3.05) is 5.75 Å². The average Bonchev–Trinajstić information content (AvgIpc) is 2.47. The van der Waals surface area contributed by atoms with Crippen LogP contribution in [0.4, 0.5) is 0 Å². The number of hydrogen-bond acceptors (Lipinski definition) is 3. The first-order valence-corrected chi connectivity index (χ1v) is 8.78. The monoisotopic (exact) mass is 311 g/mol.